The van der Waals surface area contributed by atoms with E-state index in [0.717, 1.165) is 32.1 Å². The molecule has 29 heavy (non-hydrogen) atoms. The van der Waals surface area contributed by atoms with Crippen molar-refractivity contribution in [2.75, 3.05) is 7.11 Å². The fourth-order valence-electron chi connectivity index (χ4n) is 3.55. The molecule has 1 aromatic carbocycles. The van der Waals surface area contributed by atoms with Gasteiger partial charge in [-0.15, -0.1) is 0 Å². The van der Waals surface area contributed by atoms with Crippen LogP contribution in [0.15, 0.2) is 22.2 Å². The van der Waals surface area contributed by atoms with E-state index in [4.69, 9.17) is 9.47 Å². The van der Waals surface area contributed by atoms with Crippen LogP contribution in [0.2, 0.25) is 0 Å². The zero-order chi connectivity index (χ0) is 21.1. The minimum absolute atomic E-state index is 0.00101. The number of barbiturate groups is 1. The molecule has 2 fully saturated rings. The second kappa shape index (κ2) is 8.98. The number of halogens is 1. The predicted octanol–water partition coefficient (Wildman–Crippen LogP) is 4.04. The Hall–Kier alpha value is -2.35. The number of hydrogen-bond donors (Lipinski definition) is 1. The number of hydrogen-bond acceptors (Lipinski definition) is 5. The number of benzene rings is 1. The molecule has 156 valence electrons. The van der Waals surface area contributed by atoms with Gasteiger partial charge in [0.2, 0.25) is 0 Å². The van der Waals surface area contributed by atoms with Crippen molar-refractivity contribution in [1.82, 2.24) is 10.2 Å². The molecule has 0 bridgehead atoms. The van der Waals surface area contributed by atoms with E-state index in [1.807, 2.05) is 13.8 Å². The van der Waals surface area contributed by atoms with Gasteiger partial charge in [0.15, 0.2) is 11.5 Å². The molecule has 7 nitrogen and oxygen atoms in total. The van der Waals surface area contributed by atoms with E-state index < -0.39 is 17.8 Å². The van der Waals surface area contributed by atoms with Crippen LogP contribution in [0.25, 0.3) is 6.08 Å². The molecule has 1 saturated heterocycles. The van der Waals surface area contributed by atoms with Crippen LogP contribution in [0, 0.1) is 0 Å². The van der Waals surface area contributed by atoms with Crippen LogP contribution in [0.5, 0.6) is 11.5 Å². The molecule has 1 aliphatic heterocycles. The lowest BCUT2D eigenvalue weighted by Crippen LogP contribution is -2.57. The number of carbonyl (C=O) groups excluding carboxylic acids is 3. The molecule has 1 N–H and O–H groups in total. The molecule has 8 heteroatoms. The van der Waals surface area contributed by atoms with E-state index in [-0.39, 0.29) is 17.7 Å². The van der Waals surface area contributed by atoms with E-state index in [0.29, 0.717) is 21.5 Å². The van der Waals surface area contributed by atoms with Crippen LogP contribution >= 0.6 is 15.9 Å². The summed E-state index contributed by atoms with van der Waals surface area (Å²) < 4.78 is 12.0. The Morgan fingerprint density at radius 1 is 1.28 bits per heavy atom. The summed E-state index contributed by atoms with van der Waals surface area (Å²) in [7, 11) is 1.53. The normalized spacial score (nSPS) is 20.2. The summed E-state index contributed by atoms with van der Waals surface area (Å²) in [5.74, 6) is -0.199. The van der Waals surface area contributed by atoms with Gasteiger partial charge in [-0.3, -0.25) is 19.8 Å². The number of carbonyl (C=O) groups is 3. The van der Waals surface area contributed by atoms with Gasteiger partial charge in [0, 0.05) is 6.04 Å². The third kappa shape index (κ3) is 4.47. The fraction of sp³-hybridized carbons (Fsp3) is 0.476. The van der Waals surface area contributed by atoms with Crippen molar-refractivity contribution >= 4 is 39.9 Å². The van der Waals surface area contributed by atoms with Gasteiger partial charge in [0.1, 0.15) is 5.57 Å². The summed E-state index contributed by atoms with van der Waals surface area (Å²) in [5.41, 5.74) is 0.519. The summed E-state index contributed by atoms with van der Waals surface area (Å²) in [4.78, 5) is 38.7. The highest BCUT2D eigenvalue weighted by atomic mass is 79.9. The van der Waals surface area contributed by atoms with Crippen molar-refractivity contribution in [3.05, 3.63) is 27.7 Å². The van der Waals surface area contributed by atoms with Crippen LogP contribution in [0.1, 0.15) is 51.5 Å². The van der Waals surface area contributed by atoms with Crippen molar-refractivity contribution in [2.24, 2.45) is 0 Å². The van der Waals surface area contributed by atoms with Gasteiger partial charge in [0.25, 0.3) is 11.8 Å². The first-order valence-electron chi connectivity index (χ1n) is 9.80. The minimum Gasteiger partial charge on any atom is -0.493 e. The topological polar surface area (TPSA) is 84.9 Å². The smallest absolute Gasteiger partial charge is 0.331 e. The average Bonchev–Trinajstić information content (AvgIpc) is 3.20. The molecular formula is C21H25BrN2O5. The maximum Gasteiger partial charge on any atom is 0.331 e. The van der Waals surface area contributed by atoms with Gasteiger partial charge >= 0.3 is 6.03 Å². The van der Waals surface area contributed by atoms with Gasteiger partial charge in [-0.1, -0.05) is 19.8 Å². The lowest BCUT2D eigenvalue weighted by Gasteiger charge is -2.31. The second-order valence-electron chi connectivity index (χ2n) is 7.30. The zero-order valence-electron chi connectivity index (χ0n) is 16.8. The standard InChI is InChI=1S/C21H25BrN2O5/c1-4-12(2)29-18-16(22)10-13(11-17(18)28-3)9-15-19(25)23-21(27)24(20(15)26)14-7-5-6-8-14/h9-12,14H,4-8H2,1-3H3,(H,23,25,27)/b15-9+/t12-/m1/s1. The van der Waals surface area contributed by atoms with Crippen molar-refractivity contribution in [3.63, 3.8) is 0 Å². The minimum atomic E-state index is -0.690. The number of nitrogens with one attached hydrogen (secondary N) is 1. The predicted molar refractivity (Wildman–Crippen MR) is 112 cm³/mol. The Bertz CT molecular complexity index is 861. The number of imide groups is 2. The Kier molecular flexibility index (Phi) is 6.62. The third-order valence-electron chi connectivity index (χ3n) is 5.28. The molecule has 0 spiro atoms. The molecule has 3 rings (SSSR count). The molecule has 1 atom stereocenters. The monoisotopic (exact) mass is 464 g/mol. The van der Waals surface area contributed by atoms with Crippen molar-refractivity contribution in [2.45, 2.75) is 58.1 Å². The van der Waals surface area contributed by atoms with Crippen LogP contribution < -0.4 is 14.8 Å². The molecular weight excluding hydrogens is 440 g/mol. The molecule has 1 saturated carbocycles. The van der Waals surface area contributed by atoms with Crippen LogP contribution in [-0.4, -0.2) is 42.0 Å². The first-order chi connectivity index (χ1) is 13.8. The maximum atomic E-state index is 12.9. The number of rotatable bonds is 6. The Morgan fingerprint density at radius 3 is 2.59 bits per heavy atom. The second-order valence-corrected chi connectivity index (χ2v) is 8.16. The van der Waals surface area contributed by atoms with Gasteiger partial charge in [-0.05, 0) is 65.9 Å². The number of nitrogens with zero attached hydrogens (tertiary/aromatic N) is 1. The highest BCUT2D eigenvalue weighted by Crippen LogP contribution is 2.38. The van der Waals surface area contributed by atoms with E-state index in [9.17, 15) is 14.4 Å². The Labute approximate surface area is 178 Å². The summed E-state index contributed by atoms with van der Waals surface area (Å²) in [5, 5.41) is 2.29. The molecule has 1 heterocycles. The van der Waals surface area contributed by atoms with Crippen LogP contribution in [0.4, 0.5) is 4.79 Å². The third-order valence-corrected chi connectivity index (χ3v) is 5.87. The molecule has 0 radical (unpaired) electrons. The lowest BCUT2D eigenvalue weighted by molar-refractivity contribution is -0.131. The first kappa shape index (κ1) is 21.4. The Morgan fingerprint density at radius 2 is 1.97 bits per heavy atom. The van der Waals surface area contributed by atoms with Crippen molar-refractivity contribution in [3.8, 4) is 11.5 Å². The number of methoxy groups -OCH3 is 1. The SMILES string of the molecule is CC[C@@H](C)Oc1c(Br)cc(/C=C2\C(=O)NC(=O)N(C3CCCC3)C2=O)cc1OC. The van der Waals surface area contributed by atoms with Crippen LogP contribution in [-0.2, 0) is 9.59 Å². The summed E-state index contributed by atoms with van der Waals surface area (Å²) in [6.45, 7) is 3.98. The van der Waals surface area contributed by atoms with E-state index in [1.165, 1.54) is 18.1 Å². The molecule has 0 aromatic heterocycles. The highest BCUT2D eigenvalue weighted by molar-refractivity contribution is 9.10. The lowest BCUT2D eigenvalue weighted by atomic mass is 10.0. The van der Waals surface area contributed by atoms with Crippen molar-refractivity contribution < 1.29 is 23.9 Å². The number of ether oxygens (including phenoxy) is 2. The van der Waals surface area contributed by atoms with Gasteiger partial charge in [0.05, 0.1) is 17.7 Å². The molecule has 1 aromatic rings. The fourth-order valence-corrected chi connectivity index (χ4v) is 4.11. The van der Waals surface area contributed by atoms with E-state index >= 15 is 0 Å². The summed E-state index contributed by atoms with van der Waals surface area (Å²) >= 11 is 3.48. The van der Waals surface area contributed by atoms with E-state index in [1.54, 1.807) is 12.1 Å². The summed E-state index contributed by atoms with van der Waals surface area (Å²) in [6.07, 6.45) is 5.78. The molecule has 0 unspecified atom stereocenters. The first-order valence-corrected chi connectivity index (χ1v) is 10.6. The summed E-state index contributed by atoms with van der Waals surface area (Å²) in [6, 6.07) is 2.66. The number of amides is 4. The van der Waals surface area contributed by atoms with Gasteiger partial charge < -0.3 is 9.47 Å². The molecule has 4 amide bonds. The van der Waals surface area contributed by atoms with Crippen molar-refractivity contribution in [1.29, 1.82) is 0 Å². The largest absolute Gasteiger partial charge is 0.493 e. The average molecular weight is 465 g/mol. The maximum absolute atomic E-state index is 12.9. The van der Waals surface area contributed by atoms with Crippen LogP contribution in [0.3, 0.4) is 0 Å². The zero-order valence-corrected chi connectivity index (χ0v) is 18.4. The highest BCUT2D eigenvalue weighted by Gasteiger charge is 2.40. The molecule has 1 aliphatic carbocycles. The van der Waals surface area contributed by atoms with Gasteiger partial charge in [-0.2, -0.15) is 0 Å². The number of urea groups is 1. The molecule has 2 aliphatic rings. The quantitative estimate of drug-likeness (QED) is 0.507. The van der Waals surface area contributed by atoms with Gasteiger partial charge in [-0.25, -0.2) is 4.79 Å². The Balaban J connectivity index is 1.95. The van der Waals surface area contributed by atoms with E-state index in [2.05, 4.69) is 21.2 Å².